The van der Waals surface area contributed by atoms with E-state index in [0.717, 1.165) is 29.5 Å². The molecular formula is C18H17N3O2S. The largest absolute Gasteiger partial charge is 0.437 e. The van der Waals surface area contributed by atoms with Gasteiger partial charge in [0.25, 0.3) is 5.91 Å². The van der Waals surface area contributed by atoms with Gasteiger partial charge < -0.3 is 10.5 Å². The molecule has 2 aromatic heterocycles. The van der Waals surface area contributed by atoms with Gasteiger partial charge in [-0.25, -0.2) is 9.97 Å². The van der Waals surface area contributed by atoms with Crippen molar-refractivity contribution in [2.24, 2.45) is 11.7 Å². The Morgan fingerprint density at radius 3 is 3.00 bits per heavy atom. The van der Waals surface area contributed by atoms with Crippen LogP contribution in [0.1, 0.15) is 34.1 Å². The Balaban J connectivity index is 1.82. The van der Waals surface area contributed by atoms with Crippen LogP contribution in [0.15, 0.2) is 30.6 Å². The number of aryl methyl sites for hydroxylation is 1. The van der Waals surface area contributed by atoms with Crippen LogP contribution in [0.4, 0.5) is 0 Å². The molecule has 4 rings (SSSR count). The summed E-state index contributed by atoms with van der Waals surface area (Å²) in [5, 5.41) is 0.976. The number of hydrogen-bond donors (Lipinski definition) is 1. The van der Waals surface area contributed by atoms with Crippen LogP contribution in [0.25, 0.3) is 10.2 Å². The van der Waals surface area contributed by atoms with E-state index in [0.29, 0.717) is 23.1 Å². The minimum atomic E-state index is -0.517. The summed E-state index contributed by atoms with van der Waals surface area (Å²) in [6.45, 7) is 2.28. The second kappa shape index (κ2) is 5.87. The molecule has 24 heavy (non-hydrogen) atoms. The standard InChI is InChI=1S/C18H17N3O2S/c1-10-6-7-12-14(8-10)24-18-15(12)17(20-9-21-18)23-13-5-3-2-4-11(13)16(19)22/h2-5,9-10H,6-8H2,1H3,(H2,19,22)/t10-/m0/s1. The molecule has 0 aliphatic heterocycles. The van der Waals surface area contributed by atoms with Crippen molar-refractivity contribution in [2.45, 2.75) is 26.2 Å². The lowest BCUT2D eigenvalue weighted by molar-refractivity contribution is 0.0998. The lowest BCUT2D eigenvalue weighted by Gasteiger charge is -2.18. The van der Waals surface area contributed by atoms with Crippen LogP contribution in [0.5, 0.6) is 11.6 Å². The van der Waals surface area contributed by atoms with Crippen molar-refractivity contribution in [3.8, 4) is 11.6 Å². The average Bonchev–Trinajstić information content (AvgIpc) is 2.93. The van der Waals surface area contributed by atoms with Gasteiger partial charge in [-0.15, -0.1) is 11.3 Å². The van der Waals surface area contributed by atoms with E-state index in [1.807, 2.05) is 6.07 Å². The van der Waals surface area contributed by atoms with Gasteiger partial charge in [-0.2, -0.15) is 0 Å². The number of carbonyl (C=O) groups excluding carboxylic acids is 1. The number of benzene rings is 1. The molecule has 0 radical (unpaired) electrons. The number of rotatable bonds is 3. The zero-order valence-corrected chi connectivity index (χ0v) is 14.1. The summed E-state index contributed by atoms with van der Waals surface area (Å²) >= 11 is 1.72. The number of thiophene rings is 1. The number of nitrogens with zero attached hydrogens (tertiary/aromatic N) is 2. The molecule has 5 nitrogen and oxygen atoms in total. The number of aromatic nitrogens is 2. The zero-order chi connectivity index (χ0) is 16.7. The van der Waals surface area contributed by atoms with Crippen molar-refractivity contribution >= 4 is 27.5 Å². The van der Waals surface area contributed by atoms with E-state index in [-0.39, 0.29) is 0 Å². The van der Waals surface area contributed by atoms with Gasteiger partial charge >= 0.3 is 0 Å². The third-order valence-corrected chi connectivity index (χ3v) is 5.58. The minimum absolute atomic E-state index is 0.349. The smallest absolute Gasteiger partial charge is 0.252 e. The van der Waals surface area contributed by atoms with E-state index >= 15 is 0 Å². The maximum absolute atomic E-state index is 11.6. The first kappa shape index (κ1) is 15.1. The Morgan fingerprint density at radius 1 is 1.33 bits per heavy atom. The highest BCUT2D eigenvalue weighted by atomic mass is 32.1. The quantitative estimate of drug-likeness (QED) is 0.789. The molecule has 2 N–H and O–H groups in total. The van der Waals surface area contributed by atoms with Crippen molar-refractivity contribution in [1.82, 2.24) is 9.97 Å². The number of para-hydroxylation sites is 1. The first-order chi connectivity index (χ1) is 11.6. The number of amides is 1. The lowest BCUT2D eigenvalue weighted by Crippen LogP contribution is -2.12. The van der Waals surface area contributed by atoms with Crippen molar-refractivity contribution in [3.05, 3.63) is 46.6 Å². The normalized spacial score (nSPS) is 16.8. The highest BCUT2D eigenvalue weighted by Gasteiger charge is 2.24. The summed E-state index contributed by atoms with van der Waals surface area (Å²) in [7, 11) is 0. The van der Waals surface area contributed by atoms with Crippen LogP contribution in [0.2, 0.25) is 0 Å². The fourth-order valence-corrected chi connectivity index (χ4v) is 4.53. The van der Waals surface area contributed by atoms with Crippen LogP contribution < -0.4 is 10.5 Å². The number of carbonyl (C=O) groups is 1. The summed E-state index contributed by atoms with van der Waals surface area (Å²) in [5.41, 5.74) is 7.08. The molecule has 1 aromatic carbocycles. The van der Waals surface area contributed by atoms with Gasteiger partial charge in [0.15, 0.2) is 0 Å². The maximum Gasteiger partial charge on any atom is 0.252 e. The number of ether oxygens (including phenoxy) is 1. The first-order valence-electron chi connectivity index (χ1n) is 7.95. The number of hydrogen-bond acceptors (Lipinski definition) is 5. The van der Waals surface area contributed by atoms with Gasteiger partial charge in [0.1, 0.15) is 16.9 Å². The van der Waals surface area contributed by atoms with E-state index < -0.39 is 5.91 Å². The maximum atomic E-state index is 11.6. The zero-order valence-electron chi connectivity index (χ0n) is 13.3. The fraction of sp³-hybridized carbons (Fsp3) is 0.278. The van der Waals surface area contributed by atoms with Gasteiger partial charge in [0, 0.05) is 4.88 Å². The van der Waals surface area contributed by atoms with Gasteiger partial charge in [-0.05, 0) is 42.9 Å². The van der Waals surface area contributed by atoms with Crippen molar-refractivity contribution in [1.29, 1.82) is 0 Å². The summed E-state index contributed by atoms with van der Waals surface area (Å²) < 4.78 is 5.99. The third kappa shape index (κ3) is 2.53. The number of primary amides is 1. The van der Waals surface area contributed by atoms with Gasteiger partial charge in [0.2, 0.25) is 5.88 Å². The Hall–Kier alpha value is -2.47. The monoisotopic (exact) mass is 339 g/mol. The van der Waals surface area contributed by atoms with E-state index in [1.165, 1.54) is 16.8 Å². The Kier molecular flexibility index (Phi) is 3.69. The number of fused-ring (bicyclic) bond motifs is 3. The molecule has 0 fully saturated rings. The Morgan fingerprint density at radius 2 is 2.17 bits per heavy atom. The van der Waals surface area contributed by atoms with E-state index in [4.69, 9.17) is 10.5 Å². The van der Waals surface area contributed by atoms with Gasteiger partial charge in [-0.3, -0.25) is 4.79 Å². The highest BCUT2D eigenvalue weighted by molar-refractivity contribution is 7.18. The molecule has 1 aliphatic carbocycles. The summed E-state index contributed by atoms with van der Waals surface area (Å²) in [4.78, 5) is 22.6. The molecule has 3 aromatic rings. The van der Waals surface area contributed by atoms with Crippen LogP contribution >= 0.6 is 11.3 Å². The molecule has 122 valence electrons. The predicted octanol–water partition coefficient (Wildman–Crippen LogP) is 3.71. The fourth-order valence-electron chi connectivity index (χ4n) is 3.19. The van der Waals surface area contributed by atoms with Crippen LogP contribution in [-0.4, -0.2) is 15.9 Å². The van der Waals surface area contributed by atoms with Gasteiger partial charge in [-0.1, -0.05) is 19.1 Å². The molecule has 0 saturated heterocycles. The molecule has 0 spiro atoms. The topological polar surface area (TPSA) is 78.1 Å². The van der Waals surface area contributed by atoms with Crippen LogP contribution in [-0.2, 0) is 12.8 Å². The summed E-state index contributed by atoms with van der Waals surface area (Å²) in [5.74, 6) is 1.10. The van der Waals surface area contributed by atoms with Crippen molar-refractivity contribution in [2.75, 3.05) is 0 Å². The van der Waals surface area contributed by atoms with Crippen molar-refractivity contribution < 1.29 is 9.53 Å². The molecule has 1 amide bonds. The molecule has 6 heteroatoms. The second-order valence-electron chi connectivity index (χ2n) is 6.17. The summed E-state index contributed by atoms with van der Waals surface area (Å²) in [6, 6.07) is 6.96. The molecule has 0 bridgehead atoms. The predicted molar refractivity (Wildman–Crippen MR) is 93.6 cm³/mol. The van der Waals surface area contributed by atoms with Gasteiger partial charge in [0.05, 0.1) is 10.9 Å². The Labute approximate surface area is 143 Å². The van der Waals surface area contributed by atoms with Crippen molar-refractivity contribution in [3.63, 3.8) is 0 Å². The van der Waals surface area contributed by atoms with E-state index in [2.05, 4.69) is 16.9 Å². The SMILES string of the molecule is C[C@H]1CCc2c(sc3ncnc(Oc4ccccc4C(N)=O)c23)C1. The Bertz CT molecular complexity index is 935. The second-order valence-corrected chi connectivity index (χ2v) is 7.26. The summed E-state index contributed by atoms with van der Waals surface area (Å²) in [6.07, 6.45) is 4.76. The van der Waals surface area contributed by atoms with E-state index in [1.54, 1.807) is 29.5 Å². The lowest BCUT2D eigenvalue weighted by atomic mass is 9.89. The van der Waals surface area contributed by atoms with Crippen LogP contribution in [0.3, 0.4) is 0 Å². The first-order valence-corrected chi connectivity index (χ1v) is 8.77. The highest BCUT2D eigenvalue weighted by Crippen LogP contribution is 2.41. The molecule has 0 unspecified atom stereocenters. The average molecular weight is 339 g/mol. The molecule has 1 aliphatic rings. The van der Waals surface area contributed by atoms with Crippen LogP contribution in [0, 0.1) is 5.92 Å². The molecular weight excluding hydrogens is 322 g/mol. The molecule has 0 saturated carbocycles. The molecule has 2 heterocycles. The third-order valence-electron chi connectivity index (χ3n) is 4.42. The minimum Gasteiger partial charge on any atom is -0.437 e. The molecule has 1 atom stereocenters. The van der Waals surface area contributed by atoms with E-state index in [9.17, 15) is 4.79 Å². The number of nitrogens with two attached hydrogens (primary N) is 1.